The van der Waals surface area contributed by atoms with Gasteiger partial charge >= 0.3 is 0 Å². The van der Waals surface area contributed by atoms with Crippen LogP contribution >= 0.6 is 0 Å². The highest BCUT2D eigenvalue weighted by Gasteiger charge is 2.19. The molecule has 2 aliphatic rings. The molecule has 0 radical (unpaired) electrons. The lowest BCUT2D eigenvalue weighted by molar-refractivity contribution is 0.0923. The molecule has 4 nitrogen and oxygen atoms in total. The second-order valence-corrected chi connectivity index (χ2v) is 8.04. The Morgan fingerprint density at radius 2 is 1.04 bits per heavy atom. The number of fused-ring (bicyclic) bond motifs is 1. The van der Waals surface area contributed by atoms with Crippen LogP contribution in [0.2, 0.25) is 0 Å². The first-order valence-electron chi connectivity index (χ1n) is 10.3. The molecule has 4 heteroatoms. The molecule has 2 amide bonds. The maximum Gasteiger partial charge on any atom is 0.251 e. The number of carbonyl (C=O) groups is 2. The molecule has 2 aliphatic carbocycles. The van der Waals surface area contributed by atoms with Crippen molar-refractivity contribution in [2.75, 3.05) is 0 Å². The lowest BCUT2D eigenvalue weighted by Crippen LogP contribution is -2.36. The first kappa shape index (κ1) is 18.0. The van der Waals surface area contributed by atoms with Crippen LogP contribution in [0.4, 0.5) is 0 Å². The van der Waals surface area contributed by atoms with Crippen LogP contribution in [0.1, 0.15) is 78.5 Å². The fraction of sp³-hybridized carbons (Fsp3) is 0.478. The smallest absolute Gasteiger partial charge is 0.251 e. The van der Waals surface area contributed by atoms with E-state index in [9.17, 15) is 9.59 Å². The van der Waals surface area contributed by atoms with Gasteiger partial charge in [0.1, 0.15) is 0 Å². The van der Waals surface area contributed by atoms with E-state index >= 15 is 0 Å². The highest BCUT2D eigenvalue weighted by Crippen LogP contribution is 2.22. The van der Waals surface area contributed by atoms with E-state index in [-0.39, 0.29) is 11.8 Å². The summed E-state index contributed by atoms with van der Waals surface area (Å²) in [5, 5.41) is 8.28. The molecule has 2 aromatic carbocycles. The molecule has 0 atom stereocenters. The van der Waals surface area contributed by atoms with Crippen LogP contribution < -0.4 is 10.6 Å². The average Bonchev–Trinajstić information content (AvgIpc) is 3.21. The summed E-state index contributed by atoms with van der Waals surface area (Å²) in [6.07, 6.45) is 10.4. The minimum atomic E-state index is 0.00270. The van der Waals surface area contributed by atoms with Gasteiger partial charge in [-0.3, -0.25) is 9.59 Å². The van der Waals surface area contributed by atoms with Crippen molar-refractivity contribution in [1.29, 1.82) is 0 Å². The molecule has 0 spiro atoms. The summed E-state index contributed by atoms with van der Waals surface area (Å²) in [5.41, 5.74) is 1.38. The predicted octanol–water partition coefficient (Wildman–Crippen LogP) is 4.57. The molecule has 2 saturated carbocycles. The van der Waals surface area contributed by atoms with Crippen molar-refractivity contribution in [3.8, 4) is 0 Å². The van der Waals surface area contributed by atoms with Gasteiger partial charge in [-0.05, 0) is 60.7 Å². The van der Waals surface area contributed by atoms with Crippen molar-refractivity contribution < 1.29 is 9.59 Å². The van der Waals surface area contributed by atoms with Crippen LogP contribution in [-0.2, 0) is 0 Å². The maximum atomic E-state index is 12.5. The molecule has 2 N–H and O–H groups in total. The zero-order valence-corrected chi connectivity index (χ0v) is 15.8. The molecule has 0 aromatic heterocycles. The van der Waals surface area contributed by atoms with E-state index in [0.29, 0.717) is 23.2 Å². The number of hydrogen-bond donors (Lipinski definition) is 2. The van der Waals surface area contributed by atoms with E-state index in [0.717, 1.165) is 36.5 Å². The normalized spacial score (nSPS) is 18.5. The summed E-state index contributed by atoms with van der Waals surface area (Å²) in [6, 6.07) is 12.1. The molecule has 2 aromatic rings. The number of hydrogen-bond acceptors (Lipinski definition) is 2. The minimum Gasteiger partial charge on any atom is -0.349 e. The van der Waals surface area contributed by atoms with E-state index in [2.05, 4.69) is 10.6 Å². The molecule has 4 rings (SSSR count). The summed E-state index contributed by atoms with van der Waals surface area (Å²) in [7, 11) is 0. The van der Waals surface area contributed by atoms with E-state index in [4.69, 9.17) is 0 Å². The van der Waals surface area contributed by atoms with E-state index < -0.39 is 0 Å². The monoisotopic (exact) mass is 364 g/mol. The third kappa shape index (κ3) is 4.32. The average molecular weight is 364 g/mol. The third-order valence-electron chi connectivity index (χ3n) is 6.00. The molecule has 0 aliphatic heterocycles. The number of benzene rings is 2. The van der Waals surface area contributed by atoms with Crippen molar-refractivity contribution >= 4 is 22.6 Å². The Hall–Kier alpha value is -2.36. The lowest BCUT2D eigenvalue weighted by Gasteiger charge is -2.22. The van der Waals surface area contributed by atoms with Crippen LogP contribution in [0.3, 0.4) is 0 Å². The predicted molar refractivity (Wildman–Crippen MR) is 108 cm³/mol. The van der Waals surface area contributed by atoms with E-state index in [1.54, 1.807) is 0 Å². The number of amides is 2. The standard InChI is InChI=1S/C23H28N2O2/c26-22(24-20-6-2-1-3-7-20)18-12-10-17-15-19(13-11-16(17)14-18)23(27)25-21-8-4-5-9-21/h10-15,20-21H,1-9H2,(H,24,26)(H,25,27). The first-order valence-corrected chi connectivity index (χ1v) is 10.3. The minimum absolute atomic E-state index is 0.00270. The van der Waals surface area contributed by atoms with Gasteiger partial charge in [-0.1, -0.05) is 44.2 Å². The highest BCUT2D eigenvalue weighted by molar-refractivity contribution is 6.02. The Labute approximate surface area is 160 Å². The van der Waals surface area contributed by atoms with Gasteiger partial charge in [0.05, 0.1) is 0 Å². The van der Waals surface area contributed by atoms with E-state index in [1.807, 2.05) is 36.4 Å². The van der Waals surface area contributed by atoms with Crippen LogP contribution in [-0.4, -0.2) is 23.9 Å². The Morgan fingerprint density at radius 1 is 0.630 bits per heavy atom. The number of rotatable bonds is 4. The van der Waals surface area contributed by atoms with Crippen LogP contribution in [0.15, 0.2) is 36.4 Å². The number of carbonyl (C=O) groups excluding carboxylic acids is 2. The van der Waals surface area contributed by atoms with Gasteiger partial charge in [0.25, 0.3) is 11.8 Å². The van der Waals surface area contributed by atoms with Gasteiger partial charge in [0, 0.05) is 23.2 Å². The zero-order chi connectivity index (χ0) is 18.6. The Balaban J connectivity index is 1.46. The molecule has 0 heterocycles. The Bertz CT molecular complexity index is 833. The SMILES string of the molecule is O=C(NC1CCCCC1)c1ccc2cc(C(=O)NC3CCCC3)ccc2c1. The summed E-state index contributed by atoms with van der Waals surface area (Å²) >= 11 is 0. The molecule has 0 saturated heterocycles. The number of nitrogens with one attached hydrogen (secondary N) is 2. The molecular weight excluding hydrogens is 336 g/mol. The highest BCUT2D eigenvalue weighted by atomic mass is 16.2. The topological polar surface area (TPSA) is 58.2 Å². The summed E-state index contributed by atoms with van der Waals surface area (Å²) < 4.78 is 0. The first-order chi connectivity index (χ1) is 13.2. The fourth-order valence-electron chi connectivity index (χ4n) is 4.38. The van der Waals surface area contributed by atoms with E-state index in [1.165, 1.54) is 32.1 Å². The van der Waals surface area contributed by atoms with Gasteiger partial charge in [-0.15, -0.1) is 0 Å². The van der Waals surface area contributed by atoms with Gasteiger partial charge in [-0.2, -0.15) is 0 Å². The van der Waals surface area contributed by atoms with Gasteiger partial charge in [-0.25, -0.2) is 0 Å². The summed E-state index contributed by atoms with van der Waals surface area (Å²) in [6.45, 7) is 0. The molecule has 27 heavy (non-hydrogen) atoms. The summed E-state index contributed by atoms with van der Waals surface area (Å²) in [5.74, 6) is 0.00905. The van der Waals surface area contributed by atoms with Crippen molar-refractivity contribution in [2.24, 2.45) is 0 Å². The maximum absolute atomic E-state index is 12.5. The van der Waals surface area contributed by atoms with Gasteiger partial charge in [0.15, 0.2) is 0 Å². The van der Waals surface area contributed by atoms with Crippen molar-refractivity contribution in [2.45, 2.75) is 69.9 Å². The Kier molecular flexibility index (Phi) is 5.42. The second kappa shape index (κ2) is 8.12. The van der Waals surface area contributed by atoms with Crippen LogP contribution in [0.5, 0.6) is 0 Å². The van der Waals surface area contributed by atoms with Gasteiger partial charge in [0.2, 0.25) is 0 Å². The zero-order valence-electron chi connectivity index (χ0n) is 15.8. The van der Waals surface area contributed by atoms with Crippen molar-refractivity contribution in [3.63, 3.8) is 0 Å². The van der Waals surface area contributed by atoms with Crippen molar-refractivity contribution in [3.05, 3.63) is 47.5 Å². The lowest BCUT2D eigenvalue weighted by atomic mass is 9.95. The summed E-state index contributed by atoms with van der Waals surface area (Å²) in [4.78, 5) is 25.0. The van der Waals surface area contributed by atoms with Gasteiger partial charge < -0.3 is 10.6 Å². The Morgan fingerprint density at radius 3 is 1.48 bits per heavy atom. The third-order valence-corrected chi connectivity index (χ3v) is 6.00. The second-order valence-electron chi connectivity index (χ2n) is 8.04. The fourth-order valence-corrected chi connectivity index (χ4v) is 4.38. The quantitative estimate of drug-likeness (QED) is 0.834. The molecule has 0 bridgehead atoms. The largest absolute Gasteiger partial charge is 0.349 e. The van der Waals surface area contributed by atoms with Crippen LogP contribution in [0, 0.1) is 0 Å². The molecule has 142 valence electrons. The molecule has 0 unspecified atom stereocenters. The van der Waals surface area contributed by atoms with Crippen molar-refractivity contribution in [1.82, 2.24) is 10.6 Å². The molecular formula is C23H28N2O2. The van der Waals surface area contributed by atoms with Crippen LogP contribution in [0.25, 0.3) is 10.8 Å². The molecule has 2 fully saturated rings.